The fourth-order valence-electron chi connectivity index (χ4n) is 0.861. The number of rotatable bonds is 5. The summed E-state index contributed by atoms with van der Waals surface area (Å²) in [6, 6.07) is 0. The lowest BCUT2D eigenvalue weighted by molar-refractivity contribution is -0.164. The van der Waals surface area contributed by atoms with Gasteiger partial charge in [-0.05, 0) is 19.3 Å². The highest BCUT2D eigenvalue weighted by Crippen LogP contribution is 2.11. The van der Waals surface area contributed by atoms with Gasteiger partial charge in [0.1, 0.15) is 4.83 Å². The molecule has 0 aromatic heterocycles. The van der Waals surface area contributed by atoms with Crippen LogP contribution in [-0.4, -0.2) is 28.0 Å². The van der Waals surface area contributed by atoms with Crippen LogP contribution < -0.4 is 0 Å². The molecule has 0 radical (unpaired) electrons. The predicted molar refractivity (Wildman–Crippen MR) is 55.4 cm³/mol. The number of carbonyl (C=O) groups is 2. The molecular formula is C9H15BrO4. The molecule has 0 aromatic carbocycles. The molecule has 0 aliphatic heterocycles. The molecule has 5 heteroatoms. The second-order valence-electron chi connectivity index (χ2n) is 3.51. The van der Waals surface area contributed by atoms with Gasteiger partial charge in [0.05, 0.1) is 0 Å². The molecule has 2 unspecified atom stereocenters. The normalized spacial score (nSPS) is 14.9. The van der Waals surface area contributed by atoms with Gasteiger partial charge in [-0.15, -0.1) is 0 Å². The zero-order chi connectivity index (χ0) is 11.3. The smallest absolute Gasteiger partial charge is 0.345 e. The van der Waals surface area contributed by atoms with E-state index in [1.165, 1.54) is 0 Å². The number of carbonyl (C=O) groups excluding carboxylic acids is 1. The van der Waals surface area contributed by atoms with Crippen molar-refractivity contribution in [3.05, 3.63) is 0 Å². The van der Waals surface area contributed by atoms with E-state index in [1.54, 1.807) is 6.92 Å². The van der Waals surface area contributed by atoms with Gasteiger partial charge in [-0.25, -0.2) is 4.79 Å². The summed E-state index contributed by atoms with van der Waals surface area (Å²) in [4.78, 5) is 21.3. The number of halogens is 1. The molecule has 4 nitrogen and oxygen atoms in total. The van der Waals surface area contributed by atoms with E-state index in [0.29, 0.717) is 6.42 Å². The molecule has 1 N–H and O–H groups in total. The van der Waals surface area contributed by atoms with E-state index in [-0.39, 0.29) is 5.92 Å². The third-order valence-electron chi connectivity index (χ3n) is 1.54. The summed E-state index contributed by atoms with van der Waals surface area (Å²) in [6.45, 7) is 5.35. The lowest BCUT2D eigenvalue weighted by atomic mass is 10.1. The van der Waals surface area contributed by atoms with Crippen molar-refractivity contribution in [2.24, 2.45) is 5.92 Å². The van der Waals surface area contributed by atoms with Crippen LogP contribution in [0, 0.1) is 5.92 Å². The molecule has 82 valence electrons. The van der Waals surface area contributed by atoms with E-state index in [9.17, 15) is 9.59 Å². The van der Waals surface area contributed by atoms with Crippen LogP contribution in [0.5, 0.6) is 0 Å². The Labute approximate surface area is 91.8 Å². The van der Waals surface area contributed by atoms with Crippen LogP contribution in [0.15, 0.2) is 0 Å². The van der Waals surface area contributed by atoms with Gasteiger partial charge in [-0.1, -0.05) is 29.8 Å². The largest absolute Gasteiger partial charge is 0.479 e. The highest BCUT2D eigenvalue weighted by molar-refractivity contribution is 9.10. The number of hydrogen-bond acceptors (Lipinski definition) is 3. The average molecular weight is 267 g/mol. The van der Waals surface area contributed by atoms with Crippen LogP contribution in [0.25, 0.3) is 0 Å². The maximum atomic E-state index is 11.1. The van der Waals surface area contributed by atoms with Crippen molar-refractivity contribution < 1.29 is 19.4 Å². The fraction of sp³-hybridized carbons (Fsp3) is 0.778. The molecule has 0 spiro atoms. The molecule has 0 aliphatic carbocycles. The van der Waals surface area contributed by atoms with Crippen molar-refractivity contribution in [2.45, 2.75) is 38.1 Å². The summed E-state index contributed by atoms with van der Waals surface area (Å²) in [5.74, 6) is -1.47. The molecule has 0 fully saturated rings. The highest BCUT2D eigenvalue weighted by Gasteiger charge is 2.24. The average Bonchev–Trinajstić information content (AvgIpc) is 2.01. The molecule has 0 saturated heterocycles. The number of alkyl halides is 1. The van der Waals surface area contributed by atoms with Crippen molar-refractivity contribution in [3.8, 4) is 0 Å². The molecule has 0 amide bonds. The SMILES string of the molecule is CC(C)CC(OC(=O)C(C)Br)C(=O)O. The molecule has 0 saturated carbocycles. The van der Waals surface area contributed by atoms with Gasteiger partial charge in [-0.3, -0.25) is 4.79 Å². The Morgan fingerprint density at radius 1 is 1.36 bits per heavy atom. The fourth-order valence-corrected chi connectivity index (χ4v) is 0.969. The molecule has 0 aliphatic rings. The summed E-state index contributed by atoms with van der Waals surface area (Å²) in [5, 5.41) is 8.76. The summed E-state index contributed by atoms with van der Waals surface area (Å²) >= 11 is 3.02. The third-order valence-corrected chi connectivity index (χ3v) is 1.92. The summed E-state index contributed by atoms with van der Waals surface area (Å²) in [5.41, 5.74) is 0. The van der Waals surface area contributed by atoms with Gasteiger partial charge in [0, 0.05) is 0 Å². The van der Waals surface area contributed by atoms with E-state index in [0.717, 1.165) is 0 Å². The first-order valence-electron chi connectivity index (χ1n) is 4.42. The standard InChI is InChI=1S/C9H15BrO4/c1-5(2)4-7(8(11)12)14-9(13)6(3)10/h5-7H,4H2,1-3H3,(H,11,12). The van der Waals surface area contributed by atoms with E-state index >= 15 is 0 Å². The minimum Gasteiger partial charge on any atom is -0.479 e. The first-order valence-corrected chi connectivity index (χ1v) is 5.33. The van der Waals surface area contributed by atoms with Crippen molar-refractivity contribution in [3.63, 3.8) is 0 Å². The maximum absolute atomic E-state index is 11.1. The Hall–Kier alpha value is -0.580. The van der Waals surface area contributed by atoms with Crippen LogP contribution in [0.4, 0.5) is 0 Å². The van der Waals surface area contributed by atoms with Crippen molar-refractivity contribution in [1.82, 2.24) is 0 Å². The molecule has 0 aromatic rings. The van der Waals surface area contributed by atoms with E-state index < -0.39 is 22.9 Å². The Morgan fingerprint density at radius 2 is 1.86 bits per heavy atom. The Morgan fingerprint density at radius 3 is 2.14 bits per heavy atom. The minimum absolute atomic E-state index is 0.175. The van der Waals surface area contributed by atoms with Gasteiger partial charge in [0.15, 0.2) is 6.10 Å². The van der Waals surface area contributed by atoms with Crippen LogP contribution in [0.2, 0.25) is 0 Å². The van der Waals surface area contributed by atoms with Gasteiger partial charge in [0.25, 0.3) is 0 Å². The van der Waals surface area contributed by atoms with Crippen molar-refractivity contribution in [2.75, 3.05) is 0 Å². The van der Waals surface area contributed by atoms with Crippen molar-refractivity contribution in [1.29, 1.82) is 0 Å². The van der Waals surface area contributed by atoms with Crippen LogP contribution >= 0.6 is 15.9 Å². The summed E-state index contributed by atoms with van der Waals surface area (Å²) in [6.07, 6.45) is -0.705. The van der Waals surface area contributed by atoms with Gasteiger partial charge >= 0.3 is 11.9 Å². The summed E-state index contributed by atoms with van der Waals surface area (Å²) < 4.78 is 4.80. The summed E-state index contributed by atoms with van der Waals surface area (Å²) in [7, 11) is 0. The van der Waals surface area contributed by atoms with Gasteiger partial charge in [-0.2, -0.15) is 0 Å². The van der Waals surface area contributed by atoms with E-state index in [2.05, 4.69) is 15.9 Å². The second kappa shape index (κ2) is 6.01. The zero-order valence-corrected chi connectivity index (χ0v) is 10.1. The lowest BCUT2D eigenvalue weighted by Gasteiger charge is -2.16. The molecule has 2 atom stereocenters. The topological polar surface area (TPSA) is 63.6 Å². The number of hydrogen-bond donors (Lipinski definition) is 1. The van der Waals surface area contributed by atoms with Crippen molar-refractivity contribution >= 4 is 27.9 Å². The monoisotopic (exact) mass is 266 g/mol. The van der Waals surface area contributed by atoms with Gasteiger partial charge < -0.3 is 9.84 Å². The Balaban J connectivity index is 4.23. The minimum atomic E-state index is -1.10. The quantitative estimate of drug-likeness (QED) is 0.609. The number of esters is 1. The number of carboxylic acids is 1. The molecule has 0 rings (SSSR count). The molecule has 0 bridgehead atoms. The Bertz CT molecular complexity index is 213. The van der Waals surface area contributed by atoms with E-state index in [4.69, 9.17) is 9.84 Å². The molecule has 0 heterocycles. The van der Waals surface area contributed by atoms with Crippen LogP contribution in [0.1, 0.15) is 27.2 Å². The Kier molecular flexibility index (Phi) is 5.76. The third kappa shape index (κ3) is 5.21. The van der Waals surface area contributed by atoms with Crippen LogP contribution in [0.3, 0.4) is 0 Å². The lowest BCUT2D eigenvalue weighted by Crippen LogP contribution is -2.30. The number of aliphatic carboxylic acids is 1. The number of ether oxygens (including phenoxy) is 1. The second-order valence-corrected chi connectivity index (χ2v) is 4.88. The highest BCUT2D eigenvalue weighted by atomic mass is 79.9. The molecular weight excluding hydrogens is 252 g/mol. The maximum Gasteiger partial charge on any atom is 0.345 e. The van der Waals surface area contributed by atoms with Gasteiger partial charge in [0.2, 0.25) is 0 Å². The first kappa shape index (κ1) is 13.4. The van der Waals surface area contributed by atoms with E-state index in [1.807, 2.05) is 13.8 Å². The predicted octanol–water partition coefficient (Wildman–Crippen LogP) is 1.81. The first-order chi connectivity index (χ1) is 6.34. The molecule has 14 heavy (non-hydrogen) atoms. The van der Waals surface area contributed by atoms with Crippen LogP contribution in [-0.2, 0) is 14.3 Å². The zero-order valence-electron chi connectivity index (χ0n) is 8.49. The number of carboxylic acid groups (broad SMARTS) is 1.